The number of carbonyl (C=O) groups is 1. The van der Waals surface area contributed by atoms with E-state index in [1.165, 1.54) is 23.5 Å². The first-order chi connectivity index (χ1) is 15.7. The van der Waals surface area contributed by atoms with Gasteiger partial charge >= 0.3 is 0 Å². The van der Waals surface area contributed by atoms with Crippen molar-refractivity contribution in [2.75, 3.05) is 10.7 Å². The second kappa shape index (κ2) is 9.41. The van der Waals surface area contributed by atoms with Gasteiger partial charge < -0.3 is 0 Å². The Bertz CT molecular complexity index is 1400. The summed E-state index contributed by atoms with van der Waals surface area (Å²) in [6.45, 7) is 4.28. The SMILES string of the molecule is Cc1cc(C)c2nc(N(Cc3ccccc3)C(=O)CCS(=O)(=O)c3ccc(F)cc3)sc2c1. The van der Waals surface area contributed by atoms with E-state index in [0.717, 1.165) is 39.0 Å². The average Bonchev–Trinajstić information content (AvgIpc) is 3.21. The van der Waals surface area contributed by atoms with Crippen LogP contribution in [0.5, 0.6) is 0 Å². The number of hydrogen-bond donors (Lipinski definition) is 0. The molecule has 0 fully saturated rings. The zero-order valence-corrected chi connectivity index (χ0v) is 19.9. The first-order valence-corrected chi connectivity index (χ1v) is 12.9. The van der Waals surface area contributed by atoms with Crippen molar-refractivity contribution >= 4 is 42.4 Å². The summed E-state index contributed by atoms with van der Waals surface area (Å²) in [7, 11) is -3.73. The van der Waals surface area contributed by atoms with E-state index in [-0.39, 0.29) is 29.5 Å². The van der Waals surface area contributed by atoms with E-state index < -0.39 is 15.7 Å². The Balaban J connectivity index is 1.62. The lowest BCUT2D eigenvalue weighted by molar-refractivity contribution is -0.118. The molecule has 33 heavy (non-hydrogen) atoms. The summed E-state index contributed by atoms with van der Waals surface area (Å²) >= 11 is 1.42. The highest BCUT2D eigenvalue weighted by atomic mass is 32.2. The van der Waals surface area contributed by atoms with Crippen molar-refractivity contribution in [2.45, 2.75) is 31.7 Å². The van der Waals surface area contributed by atoms with Gasteiger partial charge in [0.25, 0.3) is 0 Å². The summed E-state index contributed by atoms with van der Waals surface area (Å²) in [5.74, 6) is -1.22. The van der Waals surface area contributed by atoms with E-state index in [9.17, 15) is 17.6 Å². The Kier molecular flexibility index (Phi) is 6.58. The van der Waals surface area contributed by atoms with Gasteiger partial charge in [-0.05, 0) is 60.9 Å². The maximum Gasteiger partial charge on any atom is 0.230 e. The van der Waals surface area contributed by atoms with Gasteiger partial charge in [0.15, 0.2) is 15.0 Å². The Hall–Kier alpha value is -3.10. The highest BCUT2D eigenvalue weighted by Gasteiger charge is 2.24. The van der Waals surface area contributed by atoms with Crippen molar-refractivity contribution in [3.05, 3.63) is 89.2 Å². The smallest absolute Gasteiger partial charge is 0.230 e. The van der Waals surface area contributed by atoms with Crippen LogP contribution in [0.4, 0.5) is 9.52 Å². The summed E-state index contributed by atoms with van der Waals surface area (Å²) in [6, 6.07) is 18.2. The van der Waals surface area contributed by atoms with Crippen molar-refractivity contribution in [1.82, 2.24) is 4.98 Å². The number of halogens is 1. The van der Waals surface area contributed by atoms with Gasteiger partial charge in [-0.1, -0.05) is 47.7 Å². The highest BCUT2D eigenvalue weighted by molar-refractivity contribution is 7.91. The van der Waals surface area contributed by atoms with Crippen LogP contribution in [0.1, 0.15) is 23.1 Å². The van der Waals surface area contributed by atoms with Gasteiger partial charge in [0.1, 0.15) is 5.82 Å². The number of nitrogens with zero attached hydrogens (tertiary/aromatic N) is 2. The van der Waals surface area contributed by atoms with Crippen molar-refractivity contribution in [3.8, 4) is 0 Å². The van der Waals surface area contributed by atoms with Crippen molar-refractivity contribution in [1.29, 1.82) is 0 Å². The maximum atomic E-state index is 13.3. The van der Waals surface area contributed by atoms with Gasteiger partial charge in [-0.2, -0.15) is 0 Å². The normalized spacial score (nSPS) is 11.6. The van der Waals surface area contributed by atoms with E-state index in [2.05, 4.69) is 0 Å². The minimum absolute atomic E-state index is 0.00241. The molecule has 0 aliphatic heterocycles. The lowest BCUT2D eigenvalue weighted by atomic mass is 10.1. The number of benzene rings is 3. The van der Waals surface area contributed by atoms with Crippen molar-refractivity contribution in [2.24, 2.45) is 0 Å². The Labute approximate surface area is 196 Å². The lowest BCUT2D eigenvalue weighted by Crippen LogP contribution is -2.31. The molecule has 1 heterocycles. The summed E-state index contributed by atoms with van der Waals surface area (Å²) in [4.78, 5) is 19.5. The first-order valence-electron chi connectivity index (χ1n) is 10.4. The number of anilines is 1. The Morgan fingerprint density at radius 1 is 1.03 bits per heavy atom. The highest BCUT2D eigenvalue weighted by Crippen LogP contribution is 2.33. The molecule has 0 saturated heterocycles. The molecule has 0 spiro atoms. The van der Waals surface area contributed by atoms with Gasteiger partial charge in [-0.3, -0.25) is 9.69 Å². The summed E-state index contributed by atoms with van der Waals surface area (Å²) in [6.07, 6.45) is -0.208. The fourth-order valence-corrected chi connectivity index (χ4v) is 6.01. The molecule has 0 radical (unpaired) electrons. The van der Waals surface area contributed by atoms with Crippen LogP contribution in [0.2, 0.25) is 0 Å². The quantitative estimate of drug-likeness (QED) is 0.329. The number of aryl methyl sites for hydroxylation is 2. The van der Waals surface area contributed by atoms with Crippen LogP contribution in [0, 0.1) is 19.7 Å². The Morgan fingerprint density at radius 2 is 1.73 bits per heavy atom. The maximum absolute atomic E-state index is 13.3. The summed E-state index contributed by atoms with van der Waals surface area (Å²) < 4.78 is 39.5. The number of aromatic nitrogens is 1. The van der Waals surface area contributed by atoms with E-state index in [0.29, 0.717) is 5.13 Å². The zero-order valence-electron chi connectivity index (χ0n) is 18.3. The molecule has 0 aliphatic carbocycles. The number of sulfone groups is 1. The fraction of sp³-hybridized carbons (Fsp3) is 0.200. The minimum Gasteiger partial charge on any atom is -0.284 e. The average molecular weight is 483 g/mol. The number of rotatable bonds is 7. The predicted molar refractivity (Wildman–Crippen MR) is 130 cm³/mol. The first kappa shape index (κ1) is 23.1. The van der Waals surface area contributed by atoms with Crippen LogP contribution in [-0.2, 0) is 21.2 Å². The number of hydrogen-bond acceptors (Lipinski definition) is 5. The monoisotopic (exact) mass is 482 g/mol. The minimum atomic E-state index is -3.73. The molecule has 0 aliphatic rings. The third-order valence-corrected chi connectivity index (χ3v) is 8.05. The molecule has 0 saturated carbocycles. The fourth-order valence-electron chi connectivity index (χ4n) is 3.62. The molecule has 1 amide bonds. The molecule has 3 aromatic carbocycles. The predicted octanol–water partition coefficient (Wildman–Crippen LogP) is 5.45. The molecule has 0 bridgehead atoms. The number of thiazole rings is 1. The van der Waals surface area contributed by atoms with Gasteiger partial charge in [-0.15, -0.1) is 0 Å². The number of fused-ring (bicyclic) bond motifs is 1. The molecular weight excluding hydrogens is 459 g/mol. The summed E-state index contributed by atoms with van der Waals surface area (Å²) in [5.41, 5.74) is 3.89. The molecular formula is C25H23FN2O3S2. The van der Waals surface area contributed by atoms with Gasteiger partial charge in [0.05, 0.1) is 27.4 Å². The zero-order chi connectivity index (χ0) is 23.6. The third-order valence-electron chi connectivity index (χ3n) is 5.29. The van der Waals surface area contributed by atoms with Crippen LogP contribution in [0.3, 0.4) is 0 Å². The molecule has 4 rings (SSSR count). The molecule has 0 N–H and O–H groups in total. The molecule has 0 unspecified atom stereocenters. The number of carbonyl (C=O) groups excluding carboxylic acids is 1. The van der Waals surface area contributed by atoms with Crippen LogP contribution in [0.15, 0.2) is 71.6 Å². The largest absolute Gasteiger partial charge is 0.284 e. The topological polar surface area (TPSA) is 67.3 Å². The summed E-state index contributed by atoms with van der Waals surface area (Å²) in [5, 5.41) is 0.534. The van der Waals surface area contributed by atoms with E-state index in [1.54, 1.807) is 4.90 Å². The van der Waals surface area contributed by atoms with Crippen LogP contribution in [0.25, 0.3) is 10.2 Å². The van der Waals surface area contributed by atoms with Crippen LogP contribution < -0.4 is 4.90 Å². The second-order valence-corrected chi connectivity index (χ2v) is 11.0. The molecule has 8 heteroatoms. The molecule has 0 atom stereocenters. The van der Waals surface area contributed by atoms with Crippen LogP contribution in [-0.4, -0.2) is 25.1 Å². The van der Waals surface area contributed by atoms with E-state index in [1.807, 2.05) is 56.3 Å². The van der Waals surface area contributed by atoms with Gasteiger partial charge in [0, 0.05) is 6.42 Å². The van der Waals surface area contributed by atoms with Crippen molar-refractivity contribution < 1.29 is 17.6 Å². The number of amides is 1. The van der Waals surface area contributed by atoms with E-state index >= 15 is 0 Å². The van der Waals surface area contributed by atoms with Gasteiger partial charge in [0.2, 0.25) is 5.91 Å². The molecule has 5 nitrogen and oxygen atoms in total. The molecule has 170 valence electrons. The lowest BCUT2D eigenvalue weighted by Gasteiger charge is -2.20. The standard InChI is InChI=1S/C25H23FN2O3S2/c1-17-14-18(2)24-22(15-17)32-25(27-24)28(16-19-6-4-3-5-7-19)23(29)12-13-33(30,31)21-10-8-20(26)9-11-21/h3-11,14-15H,12-13,16H2,1-2H3. The van der Waals surface area contributed by atoms with E-state index in [4.69, 9.17) is 4.98 Å². The van der Waals surface area contributed by atoms with Crippen molar-refractivity contribution in [3.63, 3.8) is 0 Å². The Morgan fingerprint density at radius 3 is 2.42 bits per heavy atom. The third kappa shape index (κ3) is 5.29. The van der Waals surface area contributed by atoms with Crippen LogP contribution >= 0.6 is 11.3 Å². The second-order valence-electron chi connectivity index (χ2n) is 7.91. The molecule has 4 aromatic rings. The van der Waals surface area contributed by atoms with Gasteiger partial charge in [-0.25, -0.2) is 17.8 Å². The molecule has 1 aromatic heterocycles.